The normalized spacial score (nSPS) is 12.0. The molecule has 0 saturated heterocycles. The van der Waals surface area contributed by atoms with Crippen LogP contribution in [0.15, 0.2) is 47.5 Å². The van der Waals surface area contributed by atoms with Crippen LogP contribution < -0.4 is 0 Å². The van der Waals surface area contributed by atoms with Crippen molar-refractivity contribution in [1.82, 2.24) is 0 Å². The first-order valence-corrected chi connectivity index (χ1v) is 4.74. The number of hydrogen-bond donors (Lipinski definition) is 0. The molecule has 0 radical (unpaired) electrons. The van der Waals surface area contributed by atoms with Gasteiger partial charge in [-0.3, -0.25) is 4.99 Å². The highest BCUT2D eigenvalue weighted by Gasteiger charge is 2.01. The van der Waals surface area contributed by atoms with Gasteiger partial charge in [-0.2, -0.15) is 0 Å². The van der Waals surface area contributed by atoms with Crippen LogP contribution in [0.1, 0.15) is 12.5 Å². The van der Waals surface area contributed by atoms with E-state index in [2.05, 4.69) is 47.5 Å². The molecule has 70 valence electrons. The maximum atomic E-state index is 4.23. The van der Waals surface area contributed by atoms with Crippen molar-refractivity contribution in [3.05, 3.63) is 48.0 Å². The number of benzene rings is 2. The van der Waals surface area contributed by atoms with Gasteiger partial charge in [0.2, 0.25) is 0 Å². The summed E-state index contributed by atoms with van der Waals surface area (Å²) in [5.74, 6) is 0. The summed E-state index contributed by atoms with van der Waals surface area (Å²) in [7, 11) is 1.83. The van der Waals surface area contributed by atoms with Gasteiger partial charge < -0.3 is 0 Å². The molecule has 0 saturated carbocycles. The van der Waals surface area contributed by atoms with Gasteiger partial charge in [-0.25, -0.2) is 0 Å². The second kappa shape index (κ2) is 3.62. The Hall–Kier alpha value is -1.63. The topological polar surface area (TPSA) is 12.4 Å². The molecule has 2 aromatic carbocycles. The predicted molar refractivity (Wildman–Crippen MR) is 62.1 cm³/mol. The highest BCUT2D eigenvalue weighted by atomic mass is 14.7. The third kappa shape index (κ3) is 1.41. The molecule has 0 N–H and O–H groups in total. The number of fused-ring (bicyclic) bond motifs is 1. The van der Waals surface area contributed by atoms with Crippen LogP contribution in [0.3, 0.4) is 0 Å². The molecular formula is C13H13N. The Morgan fingerprint density at radius 2 is 1.71 bits per heavy atom. The zero-order valence-corrected chi connectivity index (χ0v) is 8.49. The average molecular weight is 183 g/mol. The predicted octanol–water partition coefficient (Wildman–Crippen LogP) is 3.28. The standard InChI is InChI=1S/C13H13N/c1-10(14-2)12-9-5-7-11-6-3-4-8-13(11)12/h3-9H,1-2H3. The van der Waals surface area contributed by atoms with Gasteiger partial charge in [-0.05, 0) is 17.7 Å². The molecule has 0 atom stereocenters. The lowest BCUT2D eigenvalue weighted by Crippen LogP contribution is -1.94. The number of hydrogen-bond acceptors (Lipinski definition) is 1. The van der Waals surface area contributed by atoms with Gasteiger partial charge >= 0.3 is 0 Å². The minimum Gasteiger partial charge on any atom is -0.293 e. The van der Waals surface area contributed by atoms with Gasteiger partial charge in [0.1, 0.15) is 0 Å². The molecule has 0 unspecified atom stereocenters. The molecule has 14 heavy (non-hydrogen) atoms. The van der Waals surface area contributed by atoms with Crippen molar-refractivity contribution < 1.29 is 0 Å². The first kappa shape index (κ1) is 8.95. The minimum absolute atomic E-state index is 1.08. The molecule has 0 amide bonds. The maximum Gasteiger partial charge on any atom is 0.0392 e. The molecule has 0 fully saturated rings. The van der Waals surface area contributed by atoms with Crippen molar-refractivity contribution in [2.45, 2.75) is 6.92 Å². The molecule has 0 aliphatic carbocycles. The molecular weight excluding hydrogens is 170 g/mol. The van der Waals surface area contributed by atoms with Gasteiger partial charge in [0.15, 0.2) is 0 Å². The van der Waals surface area contributed by atoms with E-state index in [4.69, 9.17) is 0 Å². The van der Waals surface area contributed by atoms with E-state index in [0.717, 1.165) is 5.71 Å². The highest BCUT2D eigenvalue weighted by molar-refractivity contribution is 6.09. The monoisotopic (exact) mass is 183 g/mol. The van der Waals surface area contributed by atoms with Crippen LogP contribution in [0.25, 0.3) is 10.8 Å². The van der Waals surface area contributed by atoms with E-state index >= 15 is 0 Å². The second-order valence-electron chi connectivity index (χ2n) is 3.34. The third-order valence-corrected chi connectivity index (χ3v) is 2.51. The fourth-order valence-electron chi connectivity index (χ4n) is 1.66. The van der Waals surface area contributed by atoms with Crippen LogP contribution in [0.2, 0.25) is 0 Å². The first-order chi connectivity index (χ1) is 6.83. The highest BCUT2D eigenvalue weighted by Crippen LogP contribution is 2.18. The number of rotatable bonds is 1. The Kier molecular flexibility index (Phi) is 2.32. The second-order valence-corrected chi connectivity index (χ2v) is 3.34. The zero-order chi connectivity index (χ0) is 9.97. The molecule has 0 spiro atoms. The van der Waals surface area contributed by atoms with Crippen LogP contribution in [0, 0.1) is 0 Å². The Morgan fingerprint density at radius 3 is 2.50 bits per heavy atom. The van der Waals surface area contributed by atoms with Crippen LogP contribution in [0.4, 0.5) is 0 Å². The van der Waals surface area contributed by atoms with Gasteiger partial charge in [0.25, 0.3) is 0 Å². The first-order valence-electron chi connectivity index (χ1n) is 4.74. The van der Waals surface area contributed by atoms with E-state index in [0.29, 0.717) is 0 Å². The van der Waals surface area contributed by atoms with Crippen molar-refractivity contribution in [1.29, 1.82) is 0 Å². The van der Waals surface area contributed by atoms with E-state index in [9.17, 15) is 0 Å². The molecule has 2 rings (SSSR count). The molecule has 0 aromatic heterocycles. The summed E-state index contributed by atoms with van der Waals surface area (Å²) in [6, 6.07) is 14.7. The Bertz CT molecular complexity index is 478. The summed E-state index contributed by atoms with van der Waals surface area (Å²) >= 11 is 0. The SMILES string of the molecule is CN=C(C)c1cccc2ccccc12. The largest absolute Gasteiger partial charge is 0.293 e. The molecule has 0 bridgehead atoms. The average Bonchev–Trinajstić information content (AvgIpc) is 2.27. The molecule has 0 aliphatic heterocycles. The summed E-state index contributed by atoms with van der Waals surface area (Å²) in [5.41, 5.74) is 2.31. The quantitative estimate of drug-likeness (QED) is 0.602. The third-order valence-electron chi connectivity index (χ3n) is 2.51. The van der Waals surface area contributed by atoms with E-state index in [1.807, 2.05) is 14.0 Å². The van der Waals surface area contributed by atoms with Crippen LogP contribution in [0.5, 0.6) is 0 Å². The summed E-state index contributed by atoms with van der Waals surface area (Å²) < 4.78 is 0. The van der Waals surface area contributed by atoms with E-state index in [1.54, 1.807) is 0 Å². The molecule has 0 aliphatic rings. The van der Waals surface area contributed by atoms with E-state index in [1.165, 1.54) is 16.3 Å². The van der Waals surface area contributed by atoms with Gasteiger partial charge in [-0.1, -0.05) is 42.5 Å². The van der Waals surface area contributed by atoms with Crippen molar-refractivity contribution in [3.63, 3.8) is 0 Å². The van der Waals surface area contributed by atoms with E-state index < -0.39 is 0 Å². The molecule has 0 heterocycles. The van der Waals surface area contributed by atoms with Gasteiger partial charge in [-0.15, -0.1) is 0 Å². The summed E-state index contributed by atoms with van der Waals surface area (Å²) in [6.07, 6.45) is 0. The van der Waals surface area contributed by atoms with Gasteiger partial charge in [0.05, 0.1) is 0 Å². The Labute approximate surface area is 84.1 Å². The maximum absolute atomic E-state index is 4.23. The van der Waals surface area contributed by atoms with Crippen molar-refractivity contribution in [3.8, 4) is 0 Å². The number of nitrogens with zero attached hydrogens (tertiary/aromatic N) is 1. The molecule has 1 nitrogen and oxygen atoms in total. The van der Waals surface area contributed by atoms with Crippen LogP contribution in [-0.2, 0) is 0 Å². The smallest absolute Gasteiger partial charge is 0.0392 e. The fourth-order valence-corrected chi connectivity index (χ4v) is 1.66. The summed E-state index contributed by atoms with van der Waals surface area (Å²) in [4.78, 5) is 4.23. The van der Waals surface area contributed by atoms with Crippen LogP contribution in [-0.4, -0.2) is 12.8 Å². The van der Waals surface area contributed by atoms with Crippen LogP contribution >= 0.6 is 0 Å². The van der Waals surface area contributed by atoms with Crippen molar-refractivity contribution >= 4 is 16.5 Å². The van der Waals surface area contributed by atoms with Crippen molar-refractivity contribution in [2.75, 3.05) is 7.05 Å². The zero-order valence-electron chi connectivity index (χ0n) is 8.49. The Morgan fingerprint density at radius 1 is 1.00 bits per heavy atom. The van der Waals surface area contributed by atoms with Gasteiger partial charge in [0, 0.05) is 18.3 Å². The summed E-state index contributed by atoms with van der Waals surface area (Å²) in [5, 5.41) is 2.55. The van der Waals surface area contributed by atoms with E-state index in [-0.39, 0.29) is 0 Å². The lowest BCUT2D eigenvalue weighted by atomic mass is 10.0. The Balaban J connectivity index is 2.77. The molecule has 1 heteroatoms. The lowest BCUT2D eigenvalue weighted by Gasteiger charge is -2.04. The number of aliphatic imine (C=N–C) groups is 1. The summed E-state index contributed by atoms with van der Waals surface area (Å²) in [6.45, 7) is 2.04. The molecule has 2 aromatic rings. The fraction of sp³-hybridized carbons (Fsp3) is 0.154. The lowest BCUT2D eigenvalue weighted by molar-refractivity contribution is 1.42. The van der Waals surface area contributed by atoms with Crippen molar-refractivity contribution in [2.24, 2.45) is 4.99 Å². The minimum atomic E-state index is 1.08.